The summed E-state index contributed by atoms with van der Waals surface area (Å²) in [6, 6.07) is 7.37. The summed E-state index contributed by atoms with van der Waals surface area (Å²) in [4.78, 5) is 14.1. The molecule has 1 aromatic rings. The van der Waals surface area contributed by atoms with Crippen LogP contribution in [0.4, 0.5) is 10.1 Å². The molecule has 0 saturated carbocycles. The fourth-order valence-electron chi connectivity index (χ4n) is 1.94. The summed E-state index contributed by atoms with van der Waals surface area (Å²) in [5.41, 5.74) is 0.511. The number of carbonyl (C=O) groups excluding carboxylic acids is 1. The van der Waals surface area contributed by atoms with E-state index in [4.69, 9.17) is 0 Å². The number of halogens is 1. The van der Waals surface area contributed by atoms with Crippen molar-refractivity contribution in [3.8, 4) is 6.07 Å². The quantitative estimate of drug-likeness (QED) is 0.588. The van der Waals surface area contributed by atoms with Gasteiger partial charge in [-0.05, 0) is 37.1 Å². The summed E-state index contributed by atoms with van der Waals surface area (Å²) in [5, 5.41) is 11.8. The lowest BCUT2D eigenvalue weighted by Crippen LogP contribution is -2.23. The summed E-state index contributed by atoms with van der Waals surface area (Å²) < 4.78 is 12.8. The van der Waals surface area contributed by atoms with Crippen LogP contribution in [0.5, 0.6) is 0 Å². The summed E-state index contributed by atoms with van der Waals surface area (Å²) in [5.74, 6) is -0.852. The van der Waals surface area contributed by atoms with Crippen LogP contribution in [-0.4, -0.2) is 23.9 Å². The van der Waals surface area contributed by atoms with Gasteiger partial charge >= 0.3 is 0 Å². The number of anilines is 1. The number of hydrogen-bond donors (Lipinski definition) is 1. The molecule has 4 nitrogen and oxygen atoms in total. The second-order valence-electron chi connectivity index (χ2n) is 5.01. The van der Waals surface area contributed by atoms with Crippen LogP contribution >= 0.6 is 0 Å². The molecule has 0 aliphatic heterocycles. The Balaban J connectivity index is 2.78. The van der Waals surface area contributed by atoms with E-state index in [9.17, 15) is 14.4 Å². The SMILES string of the molecule is CCCCN(/C=C(/C#N)C(=O)Nc1ccc(F)cc1)CCC. The van der Waals surface area contributed by atoms with E-state index in [1.807, 2.05) is 11.0 Å². The van der Waals surface area contributed by atoms with Crippen LogP contribution in [0.2, 0.25) is 0 Å². The number of nitriles is 1. The molecule has 0 unspecified atom stereocenters. The van der Waals surface area contributed by atoms with E-state index < -0.39 is 5.91 Å². The zero-order valence-electron chi connectivity index (χ0n) is 13.1. The maximum absolute atomic E-state index is 12.8. The predicted octanol–water partition coefficient (Wildman–Crippen LogP) is 3.68. The standard InChI is InChI=1S/C17H22FN3O/c1-3-5-11-21(10-4-2)13-14(12-19)17(22)20-16-8-6-15(18)7-9-16/h6-9,13H,3-5,10-11H2,1-2H3,(H,20,22)/b14-13-. The number of amides is 1. The molecule has 1 rings (SSSR count). The molecule has 1 N–H and O–H groups in total. The first-order chi connectivity index (χ1) is 10.6. The highest BCUT2D eigenvalue weighted by molar-refractivity contribution is 6.06. The van der Waals surface area contributed by atoms with Gasteiger partial charge in [-0.2, -0.15) is 5.26 Å². The van der Waals surface area contributed by atoms with Gasteiger partial charge in [-0.15, -0.1) is 0 Å². The summed E-state index contributed by atoms with van der Waals surface area (Å²) in [6.45, 7) is 5.77. The van der Waals surface area contributed by atoms with Crippen LogP contribution in [-0.2, 0) is 4.79 Å². The molecule has 0 radical (unpaired) electrons. The van der Waals surface area contributed by atoms with Crippen molar-refractivity contribution < 1.29 is 9.18 Å². The molecular weight excluding hydrogens is 281 g/mol. The highest BCUT2D eigenvalue weighted by Crippen LogP contribution is 2.10. The number of nitrogens with zero attached hydrogens (tertiary/aromatic N) is 2. The third kappa shape index (κ3) is 5.96. The van der Waals surface area contributed by atoms with Gasteiger partial charge in [0, 0.05) is 25.0 Å². The van der Waals surface area contributed by atoms with E-state index in [2.05, 4.69) is 19.2 Å². The molecule has 0 aliphatic rings. The van der Waals surface area contributed by atoms with Gasteiger partial charge in [0.1, 0.15) is 17.5 Å². The molecule has 0 saturated heterocycles. The van der Waals surface area contributed by atoms with Crippen molar-refractivity contribution in [3.05, 3.63) is 41.9 Å². The summed E-state index contributed by atoms with van der Waals surface area (Å²) >= 11 is 0. The highest BCUT2D eigenvalue weighted by Gasteiger charge is 2.11. The zero-order valence-corrected chi connectivity index (χ0v) is 13.1. The minimum Gasteiger partial charge on any atom is -0.376 e. The summed E-state index contributed by atoms with van der Waals surface area (Å²) in [6.07, 6.45) is 4.61. The van der Waals surface area contributed by atoms with Crippen LogP contribution in [0.3, 0.4) is 0 Å². The van der Waals surface area contributed by atoms with Gasteiger partial charge < -0.3 is 10.2 Å². The van der Waals surface area contributed by atoms with E-state index in [1.54, 1.807) is 6.20 Å². The lowest BCUT2D eigenvalue weighted by atomic mass is 10.2. The average Bonchev–Trinajstić information content (AvgIpc) is 2.52. The van der Waals surface area contributed by atoms with E-state index >= 15 is 0 Å². The van der Waals surface area contributed by atoms with E-state index in [0.717, 1.165) is 32.4 Å². The van der Waals surface area contributed by atoms with Crippen molar-refractivity contribution in [2.75, 3.05) is 18.4 Å². The number of nitrogens with one attached hydrogen (secondary N) is 1. The van der Waals surface area contributed by atoms with Crippen molar-refractivity contribution in [3.63, 3.8) is 0 Å². The molecule has 0 aliphatic carbocycles. The molecule has 118 valence electrons. The molecule has 0 bridgehead atoms. The molecule has 22 heavy (non-hydrogen) atoms. The van der Waals surface area contributed by atoms with Crippen molar-refractivity contribution in [2.24, 2.45) is 0 Å². The number of hydrogen-bond acceptors (Lipinski definition) is 3. The second kappa shape index (κ2) is 9.56. The van der Waals surface area contributed by atoms with E-state index in [1.165, 1.54) is 24.3 Å². The Labute approximate surface area is 131 Å². The van der Waals surface area contributed by atoms with Crippen molar-refractivity contribution in [1.29, 1.82) is 5.26 Å². The Morgan fingerprint density at radius 1 is 1.27 bits per heavy atom. The number of unbranched alkanes of at least 4 members (excludes halogenated alkanes) is 1. The van der Waals surface area contributed by atoms with Gasteiger partial charge in [0.25, 0.3) is 5.91 Å². The zero-order chi connectivity index (χ0) is 16.4. The van der Waals surface area contributed by atoms with Crippen LogP contribution in [0.1, 0.15) is 33.1 Å². The first kappa shape index (κ1) is 17.7. The van der Waals surface area contributed by atoms with Crippen LogP contribution in [0.25, 0.3) is 0 Å². The number of rotatable bonds is 8. The van der Waals surface area contributed by atoms with Crippen molar-refractivity contribution in [1.82, 2.24) is 4.90 Å². The Hall–Kier alpha value is -2.35. The molecule has 0 aromatic heterocycles. The molecule has 5 heteroatoms. The smallest absolute Gasteiger partial charge is 0.267 e. The van der Waals surface area contributed by atoms with Gasteiger partial charge in [-0.25, -0.2) is 4.39 Å². The largest absolute Gasteiger partial charge is 0.376 e. The first-order valence-corrected chi connectivity index (χ1v) is 7.53. The Kier molecular flexibility index (Phi) is 7.69. The molecular formula is C17H22FN3O. The van der Waals surface area contributed by atoms with Gasteiger partial charge in [-0.3, -0.25) is 4.79 Å². The maximum atomic E-state index is 12.8. The topological polar surface area (TPSA) is 56.1 Å². The predicted molar refractivity (Wildman–Crippen MR) is 85.5 cm³/mol. The van der Waals surface area contributed by atoms with Crippen molar-refractivity contribution in [2.45, 2.75) is 33.1 Å². The van der Waals surface area contributed by atoms with Gasteiger partial charge in [0.15, 0.2) is 0 Å². The first-order valence-electron chi connectivity index (χ1n) is 7.53. The lowest BCUT2D eigenvalue weighted by molar-refractivity contribution is -0.112. The van der Waals surface area contributed by atoms with E-state index in [-0.39, 0.29) is 11.4 Å². The molecule has 0 heterocycles. The second-order valence-corrected chi connectivity index (χ2v) is 5.01. The molecule has 1 aromatic carbocycles. The number of benzene rings is 1. The molecule has 0 fully saturated rings. The fourth-order valence-corrected chi connectivity index (χ4v) is 1.94. The van der Waals surface area contributed by atoms with Gasteiger partial charge in [0.05, 0.1) is 0 Å². The fraction of sp³-hybridized carbons (Fsp3) is 0.412. The maximum Gasteiger partial charge on any atom is 0.267 e. The highest BCUT2D eigenvalue weighted by atomic mass is 19.1. The third-order valence-electron chi connectivity index (χ3n) is 3.09. The average molecular weight is 303 g/mol. The third-order valence-corrected chi connectivity index (χ3v) is 3.09. The van der Waals surface area contributed by atoms with Crippen LogP contribution in [0.15, 0.2) is 36.0 Å². The Bertz CT molecular complexity index is 546. The summed E-state index contributed by atoms with van der Waals surface area (Å²) in [7, 11) is 0. The lowest BCUT2D eigenvalue weighted by Gasteiger charge is -2.19. The minimum absolute atomic E-state index is 0.0499. The molecule has 0 atom stereocenters. The molecule has 0 spiro atoms. The monoisotopic (exact) mass is 303 g/mol. The van der Waals surface area contributed by atoms with Crippen molar-refractivity contribution >= 4 is 11.6 Å². The van der Waals surface area contributed by atoms with Crippen LogP contribution < -0.4 is 5.32 Å². The molecule has 1 amide bonds. The number of carbonyl (C=O) groups is 1. The van der Waals surface area contributed by atoms with Crippen LogP contribution in [0, 0.1) is 17.1 Å². The Morgan fingerprint density at radius 2 is 1.95 bits per heavy atom. The van der Waals surface area contributed by atoms with Gasteiger partial charge in [0.2, 0.25) is 0 Å². The minimum atomic E-state index is -0.480. The normalized spacial score (nSPS) is 10.9. The van der Waals surface area contributed by atoms with Gasteiger partial charge in [-0.1, -0.05) is 20.3 Å². The van der Waals surface area contributed by atoms with E-state index in [0.29, 0.717) is 5.69 Å². The Morgan fingerprint density at radius 3 is 2.50 bits per heavy atom.